The summed E-state index contributed by atoms with van der Waals surface area (Å²) in [4.78, 5) is 4.21. The van der Waals surface area contributed by atoms with Crippen LogP contribution < -0.4 is 5.32 Å². The van der Waals surface area contributed by atoms with Gasteiger partial charge in [-0.05, 0) is 18.2 Å². The first-order valence-corrected chi connectivity index (χ1v) is 3.25. The minimum Gasteiger partial charge on any atom is -0.370 e. The first-order valence-electron chi connectivity index (χ1n) is 3.25. The average Bonchev–Trinajstić information content (AvgIpc) is 1.90. The van der Waals surface area contributed by atoms with Gasteiger partial charge in [-0.3, -0.25) is 4.99 Å². The van der Waals surface area contributed by atoms with Crippen LogP contribution in [-0.4, -0.2) is 12.4 Å². The molecule has 0 saturated heterocycles. The molecule has 2 nitrogen and oxygen atoms in total. The van der Waals surface area contributed by atoms with Crippen LogP contribution >= 0.6 is 0 Å². The van der Waals surface area contributed by atoms with E-state index in [1.54, 1.807) is 0 Å². The van der Waals surface area contributed by atoms with Gasteiger partial charge in [0.05, 0.1) is 0 Å². The zero-order valence-corrected chi connectivity index (χ0v) is 5.83. The van der Waals surface area contributed by atoms with Crippen molar-refractivity contribution in [2.45, 2.75) is 20.0 Å². The predicted octanol–water partition coefficient (Wildman–Crippen LogP) is 1.16. The van der Waals surface area contributed by atoms with Crippen LogP contribution in [0.3, 0.4) is 0 Å². The van der Waals surface area contributed by atoms with Gasteiger partial charge in [-0.15, -0.1) is 0 Å². The van der Waals surface area contributed by atoms with Crippen molar-refractivity contribution in [3.05, 3.63) is 12.3 Å². The predicted molar refractivity (Wildman–Crippen MR) is 39.4 cm³/mol. The summed E-state index contributed by atoms with van der Waals surface area (Å²) in [6.45, 7) is 4.29. The third kappa shape index (κ3) is 1.56. The van der Waals surface area contributed by atoms with Crippen LogP contribution in [0.25, 0.3) is 0 Å². The van der Waals surface area contributed by atoms with E-state index in [1.165, 1.54) is 0 Å². The van der Waals surface area contributed by atoms with Crippen LogP contribution in [0.15, 0.2) is 17.3 Å². The van der Waals surface area contributed by atoms with Crippen molar-refractivity contribution in [3.8, 4) is 0 Å². The third-order valence-corrected chi connectivity index (χ3v) is 1.33. The number of hydrogen-bond donors (Lipinski definition) is 1. The van der Waals surface area contributed by atoms with Crippen molar-refractivity contribution in [3.63, 3.8) is 0 Å². The maximum Gasteiger partial charge on any atom is 0.120 e. The van der Waals surface area contributed by atoms with E-state index in [1.807, 2.05) is 18.5 Å². The largest absolute Gasteiger partial charge is 0.370 e. The van der Waals surface area contributed by atoms with Crippen molar-refractivity contribution < 1.29 is 0 Å². The fraction of sp³-hybridized carbons (Fsp3) is 0.571. The fourth-order valence-electron chi connectivity index (χ4n) is 0.747. The Labute approximate surface area is 55.7 Å². The van der Waals surface area contributed by atoms with Crippen LogP contribution in [0.2, 0.25) is 0 Å². The van der Waals surface area contributed by atoms with Crippen molar-refractivity contribution >= 4 is 6.21 Å². The highest BCUT2D eigenvalue weighted by atomic mass is 15.1. The highest BCUT2D eigenvalue weighted by Gasteiger charge is 2.08. The maximum absolute atomic E-state index is 4.21. The molecule has 0 aromatic rings. The van der Waals surface area contributed by atoms with E-state index in [-0.39, 0.29) is 6.17 Å². The second kappa shape index (κ2) is 2.67. The van der Waals surface area contributed by atoms with E-state index < -0.39 is 0 Å². The number of aliphatic imine (C=N–C) groups is 1. The summed E-state index contributed by atoms with van der Waals surface area (Å²) in [6.07, 6.45) is 5.95. The van der Waals surface area contributed by atoms with Crippen LogP contribution in [0.4, 0.5) is 0 Å². The normalized spacial score (nSPS) is 24.6. The van der Waals surface area contributed by atoms with Gasteiger partial charge in [0.15, 0.2) is 0 Å². The molecule has 2 heteroatoms. The van der Waals surface area contributed by atoms with Crippen molar-refractivity contribution in [1.82, 2.24) is 5.32 Å². The first kappa shape index (κ1) is 6.33. The van der Waals surface area contributed by atoms with Gasteiger partial charge in [0.1, 0.15) is 6.17 Å². The molecule has 0 amide bonds. The first-order chi connectivity index (χ1) is 4.30. The van der Waals surface area contributed by atoms with Gasteiger partial charge in [0, 0.05) is 6.21 Å². The molecule has 1 aliphatic heterocycles. The Kier molecular flexibility index (Phi) is 1.88. The minimum atomic E-state index is 0.287. The summed E-state index contributed by atoms with van der Waals surface area (Å²) in [5, 5.41) is 3.14. The molecular weight excluding hydrogens is 112 g/mol. The third-order valence-electron chi connectivity index (χ3n) is 1.33. The van der Waals surface area contributed by atoms with Gasteiger partial charge in [-0.2, -0.15) is 0 Å². The molecule has 1 rings (SSSR count). The Morgan fingerprint density at radius 3 is 2.67 bits per heavy atom. The standard InChI is InChI=1S/C7H12N2/c1-6(2)7-8-4-3-5-9-7/h3-8H,1-2H3. The zero-order valence-electron chi connectivity index (χ0n) is 5.83. The van der Waals surface area contributed by atoms with E-state index in [2.05, 4.69) is 24.2 Å². The summed E-state index contributed by atoms with van der Waals surface area (Å²) in [5.74, 6) is 0.575. The van der Waals surface area contributed by atoms with Gasteiger partial charge in [-0.1, -0.05) is 13.8 Å². The Balaban J connectivity index is 2.46. The smallest absolute Gasteiger partial charge is 0.120 e. The van der Waals surface area contributed by atoms with Crippen LogP contribution in [0, 0.1) is 5.92 Å². The second-order valence-corrected chi connectivity index (χ2v) is 2.51. The second-order valence-electron chi connectivity index (χ2n) is 2.51. The molecule has 1 N–H and O–H groups in total. The number of hydrogen-bond acceptors (Lipinski definition) is 2. The SMILES string of the molecule is CC(C)C1N=CC=CN1. The lowest BCUT2D eigenvalue weighted by molar-refractivity contribution is 0.456. The summed E-state index contributed by atoms with van der Waals surface area (Å²) in [5.41, 5.74) is 0. The molecule has 0 spiro atoms. The van der Waals surface area contributed by atoms with E-state index >= 15 is 0 Å². The van der Waals surface area contributed by atoms with E-state index in [9.17, 15) is 0 Å². The highest BCUT2D eigenvalue weighted by Crippen LogP contribution is 2.03. The zero-order chi connectivity index (χ0) is 6.69. The van der Waals surface area contributed by atoms with Crippen LogP contribution in [0.5, 0.6) is 0 Å². The molecule has 1 atom stereocenters. The molecule has 9 heavy (non-hydrogen) atoms. The van der Waals surface area contributed by atoms with Crippen LogP contribution in [-0.2, 0) is 0 Å². The average molecular weight is 124 g/mol. The molecular formula is C7H12N2. The van der Waals surface area contributed by atoms with E-state index in [0.717, 1.165) is 0 Å². The fourth-order valence-corrected chi connectivity index (χ4v) is 0.747. The van der Waals surface area contributed by atoms with Gasteiger partial charge in [0.2, 0.25) is 0 Å². The highest BCUT2D eigenvalue weighted by molar-refractivity contribution is 5.71. The minimum absolute atomic E-state index is 0.287. The Morgan fingerprint density at radius 2 is 2.33 bits per heavy atom. The number of nitrogens with zero attached hydrogens (tertiary/aromatic N) is 1. The monoisotopic (exact) mass is 124 g/mol. The molecule has 0 aromatic heterocycles. The lowest BCUT2D eigenvalue weighted by Crippen LogP contribution is -2.29. The molecule has 0 aromatic carbocycles. The van der Waals surface area contributed by atoms with Gasteiger partial charge in [0.25, 0.3) is 0 Å². The Bertz CT molecular complexity index is 136. The Morgan fingerprint density at radius 1 is 1.56 bits per heavy atom. The molecule has 0 saturated carbocycles. The summed E-state index contributed by atoms with van der Waals surface area (Å²) < 4.78 is 0. The number of nitrogens with one attached hydrogen (secondary N) is 1. The quantitative estimate of drug-likeness (QED) is 0.557. The number of allylic oxidation sites excluding steroid dienone is 1. The topological polar surface area (TPSA) is 24.4 Å². The summed E-state index contributed by atoms with van der Waals surface area (Å²) >= 11 is 0. The van der Waals surface area contributed by atoms with Crippen molar-refractivity contribution in [1.29, 1.82) is 0 Å². The molecule has 50 valence electrons. The van der Waals surface area contributed by atoms with Gasteiger partial charge < -0.3 is 5.32 Å². The molecule has 1 unspecified atom stereocenters. The van der Waals surface area contributed by atoms with Crippen molar-refractivity contribution in [2.24, 2.45) is 10.9 Å². The molecule has 0 radical (unpaired) electrons. The molecule has 1 heterocycles. The summed E-state index contributed by atoms with van der Waals surface area (Å²) in [7, 11) is 0. The maximum atomic E-state index is 4.21. The molecule has 1 aliphatic rings. The lowest BCUT2D eigenvalue weighted by atomic mass is 10.1. The Hall–Kier alpha value is -0.790. The van der Waals surface area contributed by atoms with Gasteiger partial charge >= 0.3 is 0 Å². The van der Waals surface area contributed by atoms with E-state index in [4.69, 9.17) is 0 Å². The molecule has 0 aliphatic carbocycles. The lowest BCUT2D eigenvalue weighted by Gasteiger charge is -2.17. The van der Waals surface area contributed by atoms with Crippen LogP contribution in [0.1, 0.15) is 13.8 Å². The molecule has 0 fully saturated rings. The summed E-state index contributed by atoms with van der Waals surface area (Å²) in [6, 6.07) is 0. The van der Waals surface area contributed by atoms with E-state index in [0.29, 0.717) is 5.92 Å². The molecule has 0 bridgehead atoms. The number of rotatable bonds is 1. The van der Waals surface area contributed by atoms with Crippen molar-refractivity contribution in [2.75, 3.05) is 0 Å². The van der Waals surface area contributed by atoms with Gasteiger partial charge in [-0.25, -0.2) is 0 Å².